The molecule has 0 aromatic heterocycles. The molecule has 1 unspecified atom stereocenters. The van der Waals surface area contributed by atoms with Crippen LogP contribution in [-0.4, -0.2) is 60.8 Å². The van der Waals surface area contributed by atoms with Crippen molar-refractivity contribution < 1.29 is 19.1 Å². The average molecular weight is 464 g/mol. The van der Waals surface area contributed by atoms with Crippen molar-refractivity contribution in [1.82, 2.24) is 9.91 Å². The number of ether oxygens (including phenoxy) is 2. The summed E-state index contributed by atoms with van der Waals surface area (Å²) >= 11 is 0. The van der Waals surface area contributed by atoms with E-state index in [0.717, 1.165) is 28.2 Å². The molecule has 0 bridgehead atoms. The molecule has 180 valence electrons. The largest absolute Gasteiger partial charge is 0.497 e. The highest BCUT2D eigenvalue weighted by molar-refractivity contribution is 6.03. The Morgan fingerprint density at radius 1 is 1.09 bits per heavy atom. The second-order valence-corrected chi connectivity index (χ2v) is 8.95. The van der Waals surface area contributed by atoms with Gasteiger partial charge in [-0.05, 0) is 63.0 Å². The zero-order chi connectivity index (χ0) is 24.1. The number of aryl methyl sites for hydroxylation is 1. The van der Waals surface area contributed by atoms with Crippen molar-refractivity contribution in [3.63, 3.8) is 0 Å². The third-order valence-corrected chi connectivity index (χ3v) is 6.56. The Labute approximate surface area is 201 Å². The minimum Gasteiger partial charge on any atom is -0.497 e. The number of piperidine rings is 1. The second kappa shape index (κ2) is 10.8. The minimum atomic E-state index is -0.185. The molecule has 2 heterocycles. The number of amides is 1. The van der Waals surface area contributed by atoms with Crippen LogP contribution in [-0.2, 0) is 14.3 Å². The number of likely N-dealkylation sites (tertiary alicyclic amines) is 1. The van der Waals surface area contributed by atoms with Crippen LogP contribution in [0.4, 0.5) is 0 Å². The Morgan fingerprint density at radius 2 is 1.85 bits per heavy atom. The van der Waals surface area contributed by atoms with Gasteiger partial charge in [-0.3, -0.25) is 14.5 Å². The summed E-state index contributed by atoms with van der Waals surface area (Å²) in [6.45, 7) is 5.95. The number of esters is 1. The zero-order valence-electron chi connectivity index (χ0n) is 20.2. The van der Waals surface area contributed by atoms with Crippen molar-refractivity contribution >= 4 is 17.6 Å². The number of hydrogen-bond donors (Lipinski definition) is 0. The normalized spacial score (nSPS) is 19.1. The van der Waals surface area contributed by atoms with E-state index in [1.54, 1.807) is 12.1 Å². The monoisotopic (exact) mass is 463 g/mol. The summed E-state index contributed by atoms with van der Waals surface area (Å²) in [6, 6.07) is 15.9. The first-order valence-electron chi connectivity index (χ1n) is 12.0. The summed E-state index contributed by atoms with van der Waals surface area (Å²) < 4.78 is 10.6. The smallest absolute Gasteiger partial charge is 0.309 e. The van der Waals surface area contributed by atoms with Gasteiger partial charge in [0.15, 0.2) is 0 Å². The van der Waals surface area contributed by atoms with Gasteiger partial charge in [0.1, 0.15) is 5.75 Å². The highest BCUT2D eigenvalue weighted by Gasteiger charge is 2.35. The molecule has 2 aliphatic heterocycles. The van der Waals surface area contributed by atoms with Crippen molar-refractivity contribution in [2.75, 3.05) is 33.4 Å². The van der Waals surface area contributed by atoms with E-state index < -0.39 is 0 Å². The molecule has 0 aliphatic carbocycles. The molecule has 2 aliphatic rings. The molecular formula is C27H33N3O4. The Bertz CT molecular complexity index is 1060. The molecule has 2 aromatic carbocycles. The van der Waals surface area contributed by atoms with Crippen LogP contribution in [0.25, 0.3) is 0 Å². The lowest BCUT2D eigenvalue weighted by atomic mass is 9.96. The second-order valence-electron chi connectivity index (χ2n) is 8.95. The van der Waals surface area contributed by atoms with E-state index in [4.69, 9.17) is 14.6 Å². The van der Waals surface area contributed by atoms with Crippen LogP contribution in [0.3, 0.4) is 0 Å². The SMILES string of the molecule is CCOC(=O)C1CCN(CC(=O)N2N=C(c3cccc(C)c3)CC2c2cccc(OC)c2)CC1. The molecule has 0 spiro atoms. The standard InChI is InChI=1S/C27H33N3O4/c1-4-34-27(32)20-11-13-29(14-12-20)18-26(31)30-25(22-9-6-10-23(16-22)33-3)17-24(28-30)21-8-5-7-19(2)15-21/h5-10,15-16,20,25H,4,11-14,17-18H2,1-3H3. The van der Waals surface area contributed by atoms with Crippen molar-refractivity contribution in [3.8, 4) is 5.75 Å². The summed E-state index contributed by atoms with van der Waals surface area (Å²) in [5, 5.41) is 6.45. The van der Waals surface area contributed by atoms with Crippen LogP contribution >= 0.6 is 0 Å². The number of hydrazone groups is 1. The quantitative estimate of drug-likeness (QED) is 0.582. The van der Waals surface area contributed by atoms with Crippen molar-refractivity contribution in [2.45, 2.75) is 39.2 Å². The summed E-state index contributed by atoms with van der Waals surface area (Å²) in [6.07, 6.45) is 2.07. The Morgan fingerprint density at radius 3 is 2.56 bits per heavy atom. The van der Waals surface area contributed by atoms with Gasteiger partial charge in [0.25, 0.3) is 5.91 Å². The Balaban J connectivity index is 1.51. The summed E-state index contributed by atoms with van der Waals surface area (Å²) in [5.74, 6) is 0.520. The molecule has 2 aromatic rings. The van der Waals surface area contributed by atoms with Crippen LogP contribution in [0.5, 0.6) is 5.75 Å². The number of nitrogens with zero attached hydrogens (tertiary/aromatic N) is 3. The molecule has 7 nitrogen and oxygen atoms in total. The highest BCUT2D eigenvalue weighted by atomic mass is 16.5. The lowest BCUT2D eigenvalue weighted by Gasteiger charge is -2.32. The zero-order valence-corrected chi connectivity index (χ0v) is 20.2. The molecule has 7 heteroatoms. The fraction of sp³-hybridized carbons (Fsp3) is 0.444. The predicted octanol–water partition coefficient (Wildman–Crippen LogP) is 3.96. The van der Waals surface area contributed by atoms with Crippen LogP contribution < -0.4 is 4.74 Å². The summed E-state index contributed by atoms with van der Waals surface area (Å²) in [5.41, 5.74) is 4.11. The number of methoxy groups -OCH3 is 1. The lowest BCUT2D eigenvalue weighted by Crippen LogP contribution is -2.43. The number of rotatable bonds is 7. The maximum Gasteiger partial charge on any atom is 0.309 e. The number of carbonyl (C=O) groups excluding carboxylic acids is 2. The van der Waals surface area contributed by atoms with Crippen LogP contribution in [0.1, 0.15) is 48.9 Å². The van der Waals surface area contributed by atoms with Gasteiger partial charge >= 0.3 is 5.97 Å². The van der Waals surface area contributed by atoms with E-state index in [2.05, 4.69) is 24.0 Å². The highest BCUT2D eigenvalue weighted by Crippen LogP contribution is 2.34. The lowest BCUT2D eigenvalue weighted by molar-refractivity contribution is -0.149. The molecule has 1 amide bonds. The van der Waals surface area contributed by atoms with Gasteiger partial charge in [0, 0.05) is 6.42 Å². The predicted molar refractivity (Wildman–Crippen MR) is 131 cm³/mol. The first-order chi connectivity index (χ1) is 16.5. The Hall–Kier alpha value is -3.19. The third kappa shape index (κ3) is 5.47. The summed E-state index contributed by atoms with van der Waals surface area (Å²) in [4.78, 5) is 27.6. The van der Waals surface area contributed by atoms with Gasteiger partial charge in [0.05, 0.1) is 37.9 Å². The van der Waals surface area contributed by atoms with Crippen LogP contribution in [0.15, 0.2) is 53.6 Å². The third-order valence-electron chi connectivity index (χ3n) is 6.56. The maximum atomic E-state index is 13.5. The van der Waals surface area contributed by atoms with E-state index in [0.29, 0.717) is 39.0 Å². The molecule has 0 saturated carbocycles. The molecule has 1 atom stereocenters. The fourth-order valence-corrected chi connectivity index (χ4v) is 4.70. The van der Waals surface area contributed by atoms with E-state index in [1.807, 2.05) is 43.3 Å². The van der Waals surface area contributed by atoms with E-state index in [1.165, 1.54) is 0 Å². The molecule has 1 saturated heterocycles. The molecule has 4 rings (SSSR count). The first-order valence-corrected chi connectivity index (χ1v) is 12.0. The number of benzene rings is 2. The van der Waals surface area contributed by atoms with Gasteiger partial charge in [-0.1, -0.05) is 42.0 Å². The maximum absolute atomic E-state index is 13.5. The number of carbonyl (C=O) groups is 2. The van der Waals surface area contributed by atoms with E-state index in [-0.39, 0.29) is 30.4 Å². The van der Waals surface area contributed by atoms with E-state index >= 15 is 0 Å². The molecular weight excluding hydrogens is 430 g/mol. The molecule has 34 heavy (non-hydrogen) atoms. The fourth-order valence-electron chi connectivity index (χ4n) is 4.70. The number of hydrogen-bond acceptors (Lipinski definition) is 6. The first kappa shape index (κ1) is 24.0. The van der Waals surface area contributed by atoms with Gasteiger partial charge in [-0.2, -0.15) is 5.10 Å². The summed E-state index contributed by atoms with van der Waals surface area (Å²) in [7, 11) is 1.64. The molecule has 0 N–H and O–H groups in total. The Kier molecular flexibility index (Phi) is 7.63. The average Bonchev–Trinajstić information content (AvgIpc) is 3.31. The molecule has 1 fully saturated rings. The van der Waals surface area contributed by atoms with E-state index in [9.17, 15) is 9.59 Å². The topological polar surface area (TPSA) is 71.4 Å². The van der Waals surface area contributed by atoms with Crippen LogP contribution in [0, 0.1) is 12.8 Å². The van der Waals surface area contributed by atoms with Crippen molar-refractivity contribution in [3.05, 3.63) is 65.2 Å². The van der Waals surface area contributed by atoms with Gasteiger partial charge < -0.3 is 9.47 Å². The molecule has 0 radical (unpaired) electrons. The van der Waals surface area contributed by atoms with Gasteiger partial charge in [-0.15, -0.1) is 0 Å². The van der Waals surface area contributed by atoms with Gasteiger partial charge in [0.2, 0.25) is 0 Å². The van der Waals surface area contributed by atoms with Crippen LogP contribution in [0.2, 0.25) is 0 Å². The van der Waals surface area contributed by atoms with Crippen molar-refractivity contribution in [1.29, 1.82) is 0 Å². The minimum absolute atomic E-state index is 0.0370. The van der Waals surface area contributed by atoms with Gasteiger partial charge in [-0.25, -0.2) is 5.01 Å². The van der Waals surface area contributed by atoms with Crippen molar-refractivity contribution in [2.24, 2.45) is 11.0 Å².